The van der Waals surface area contributed by atoms with Crippen LogP contribution in [0.25, 0.3) is 22.0 Å². The number of hydrogen-bond acceptors (Lipinski definition) is 2. The molecule has 0 saturated heterocycles. The summed E-state index contributed by atoms with van der Waals surface area (Å²) < 4.78 is 0. The maximum absolute atomic E-state index is 9.53. The van der Waals surface area contributed by atoms with Crippen LogP contribution in [0.5, 0.6) is 5.75 Å². The van der Waals surface area contributed by atoms with E-state index in [1.165, 1.54) is 0 Å². The number of fused-ring (bicyclic) bond motifs is 1. The minimum absolute atomic E-state index is 0.281. The number of aromatic nitrogens is 1. The van der Waals surface area contributed by atoms with Crippen molar-refractivity contribution in [1.29, 1.82) is 0 Å². The van der Waals surface area contributed by atoms with Gasteiger partial charge in [0.05, 0.1) is 5.52 Å². The highest BCUT2D eigenvalue weighted by Crippen LogP contribution is 2.29. The molecule has 1 N–H and O–H groups in total. The Morgan fingerprint density at radius 3 is 2.65 bits per heavy atom. The number of pyridine rings is 1. The van der Waals surface area contributed by atoms with Gasteiger partial charge in [0.15, 0.2) is 0 Å². The lowest BCUT2D eigenvalue weighted by Gasteiger charge is -2.06. The summed E-state index contributed by atoms with van der Waals surface area (Å²) in [6, 6.07) is 17.3. The predicted molar refractivity (Wildman–Crippen MR) is 68.8 cm³/mol. The molecule has 0 fully saturated rings. The fourth-order valence-electron chi connectivity index (χ4n) is 2.03. The molecular formula is C15H11NO. The summed E-state index contributed by atoms with van der Waals surface area (Å²) in [5.74, 6) is 0.281. The fraction of sp³-hybridized carbons (Fsp3) is 0. The Labute approximate surface area is 99.2 Å². The third kappa shape index (κ3) is 1.74. The second-order valence-corrected chi connectivity index (χ2v) is 3.93. The highest BCUT2D eigenvalue weighted by Gasteiger charge is 2.03. The van der Waals surface area contributed by atoms with Gasteiger partial charge >= 0.3 is 0 Å². The lowest BCUT2D eigenvalue weighted by Crippen LogP contribution is -1.83. The zero-order valence-corrected chi connectivity index (χ0v) is 9.17. The molecule has 2 heteroatoms. The molecule has 0 radical (unpaired) electrons. The van der Waals surface area contributed by atoms with Crippen molar-refractivity contribution in [2.75, 3.05) is 0 Å². The van der Waals surface area contributed by atoms with Crippen LogP contribution in [0.1, 0.15) is 0 Å². The first-order chi connectivity index (χ1) is 8.34. The highest BCUT2D eigenvalue weighted by atomic mass is 16.3. The zero-order valence-electron chi connectivity index (χ0n) is 9.17. The summed E-state index contributed by atoms with van der Waals surface area (Å²) in [5.41, 5.74) is 3.06. The largest absolute Gasteiger partial charge is 0.508 e. The van der Waals surface area contributed by atoms with Crippen molar-refractivity contribution in [3.8, 4) is 16.9 Å². The van der Waals surface area contributed by atoms with E-state index in [4.69, 9.17) is 0 Å². The standard InChI is InChI=1S/C15H11NO/c17-12-5-1-4-11(10-12)13-6-2-8-15-14(13)7-3-9-16-15/h1-10,17H. The van der Waals surface area contributed by atoms with Gasteiger partial charge in [0.1, 0.15) is 5.75 Å². The van der Waals surface area contributed by atoms with E-state index < -0.39 is 0 Å². The van der Waals surface area contributed by atoms with Gasteiger partial charge in [0.2, 0.25) is 0 Å². The molecule has 0 aliphatic heterocycles. The molecule has 3 aromatic rings. The van der Waals surface area contributed by atoms with Crippen LogP contribution in [0.15, 0.2) is 60.8 Å². The molecule has 1 aromatic heterocycles. The molecule has 0 amide bonds. The van der Waals surface area contributed by atoms with E-state index in [0.29, 0.717) is 0 Å². The molecule has 2 aromatic carbocycles. The molecular weight excluding hydrogens is 210 g/mol. The van der Waals surface area contributed by atoms with Gasteiger partial charge in [-0.25, -0.2) is 0 Å². The lowest BCUT2D eigenvalue weighted by atomic mass is 10.0. The highest BCUT2D eigenvalue weighted by molar-refractivity contribution is 5.94. The maximum atomic E-state index is 9.53. The van der Waals surface area contributed by atoms with Crippen LogP contribution in [0.3, 0.4) is 0 Å². The molecule has 0 bridgehead atoms. The van der Waals surface area contributed by atoms with Crippen LogP contribution in [-0.2, 0) is 0 Å². The third-order valence-electron chi connectivity index (χ3n) is 2.80. The van der Waals surface area contributed by atoms with Gasteiger partial charge in [-0.3, -0.25) is 4.98 Å². The summed E-state index contributed by atoms with van der Waals surface area (Å²) in [4.78, 5) is 4.33. The normalized spacial score (nSPS) is 10.6. The number of rotatable bonds is 1. The molecule has 0 aliphatic rings. The molecule has 0 spiro atoms. The quantitative estimate of drug-likeness (QED) is 0.681. The Morgan fingerprint density at radius 2 is 1.76 bits per heavy atom. The van der Waals surface area contributed by atoms with Crippen LogP contribution >= 0.6 is 0 Å². The van der Waals surface area contributed by atoms with E-state index in [9.17, 15) is 5.11 Å². The van der Waals surface area contributed by atoms with Gasteiger partial charge in [-0.2, -0.15) is 0 Å². The van der Waals surface area contributed by atoms with Crippen LogP contribution in [-0.4, -0.2) is 10.1 Å². The third-order valence-corrected chi connectivity index (χ3v) is 2.80. The SMILES string of the molecule is Oc1cccc(-c2cccc3ncccc23)c1. The van der Waals surface area contributed by atoms with Gasteiger partial charge in [-0.1, -0.05) is 30.3 Å². The Bertz CT molecular complexity index is 671. The monoisotopic (exact) mass is 221 g/mol. The minimum Gasteiger partial charge on any atom is -0.508 e. The molecule has 0 atom stereocenters. The average Bonchev–Trinajstić information content (AvgIpc) is 2.38. The van der Waals surface area contributed by atoms with E-state index in [2.05, 4.69) is 4.98 Å². The van der Waals surface area contributed by atoms with Crippen molar-refractivity contribution >= 4 is 10.9 Å². The van der Waals surface area contributed by atoms with Crippen LogP contribution < -0.4 is 0 Å². The number of phenols is 1. The van der Waals surface area contributed by atoms with E-state index in [1.54, 1.807) is 18.3 Å². The molecule has 0 saturated carbocycles. The fourth-order valence-corrected chi connectivity index (χ4v) is 2.03. The zero-order chi connectivity index (χ0) is 11.7. The lowest BCUT2D eigenvalue weighted by molar-refractivity contribution is 0.475. The summed E-state index contributed by atoms with van der Waals surface area (Å²) in [5, 5.41) is 10.6. The second-order valence-electron chi connectivity index (χ2n) is 3.93. The Hall–Kier alpha value is -2.35. The molecule has 3 rings (SSSR count). The number of benzene rings is 2. The first kappa shape index (κ1) is 9.85. The topological polar surface area (TPSA) is 33.1 Å². The number of phenolic OH excluding ortho intramolecular Hbond substituents is 1. The summed E-state index contributed by atoms with van der Waals surface area (Å²) in [6.45, 7) is 0. The van der Waals surface area contributed by atoms with E-state index in [1.807, 2.05) is 42.5 Å². The summed E-state index contributed by atoms with van der Waals surface area (Å²) in [6.07, 6.45) is 1.79. The van der Waals surface area contributed by atoms with Gasteiger partial charge < -0.3 is 5.11 Å². The minimum atomic E-state index is 0.281. The Kier molecular flexibility index (Phi) is 2.26. The van der Waals surface area contributed by atoms with Crippen molar-refractivity contribution in [2.24, 2.45) is 0 Å². The van der Waals surface area contributed by atoms with Gasteiger partial charge in [-0.15, -0.1) is 0 Å². The number of hydrogen-bond donors (Lipinski definition) is 1. The molecule has 2 nitrogen and oxygen atoms in total. The number of nitrogens with zero attached hydrogens (tertiary/aromatic N) is 1. The van der Waals surface area contributed by atoms with Crippen molar-refractivity contribution in [3.63, 3.8) is 0 Å². The van der Waals surface area contributed by atoms with Crippen LogP contribution in [0.4, 0.5) is 0 Å². The molecule has 17 heavy (non-hydrogen) atoms. The van der Waals surface area contributed by atoms with Crippen molar-refractivity contribution in [3.05, 3.63) is 60.8 Å². The Morgan fingerprint density at radius 1 is 0.882 bits per heavy atom. The van der Waals surface area contributed by atoms with Gasteiger partial charge in [-0.05, 0) is 35.4 Å². The molecule has 1 heterocycles. The van der Waals surface area contributed by atoms with Gasteiger partial charge in [0, 0.05) is 11.6 Å². The van der Waals surface area contributed by atoms with E-state index in [0.717, 1.165) is 22.0 Å². The Balaban J connectivity index is 2.30. The first-order valence-corrected chi connectivity index (χ1v) is 5.48. The van der Waals surface area contributed by atoms with Crippen molar-refractivity contribution in [1.82, 2.24) is 4.98 Å². The second kappa shape index (κ2) is 3.91. The molecule has 82 valence electrons. The van der Waals surface area contributed by atoms with Crippen LogP contribution in [0.2, 0.25) is 0 Å². The number of aromatic hydroxyl groups is 1. The van der Waals surface area contributed by atoms with Crippen LogP contribution in [0, 0.1) is 0 Å². The van der Waals surface area contributed by atoms with Crippen molar-refractivity contribution in [2.45, 2.75) is 0 Å². The van der Waals surface area contributed by atoms with Gasteiger partial charge in [0.25, 0.3) is 0 Å². The molecule has 0 aliphatic carbocycles. The first-order valence-electron chi connectivity index (χ1n) is 5.48. The maximum Gasteiger partial charge on any atom is 0.116 e. The van der Waals surface area contributed by atoms with E-state index >= 15 is 0 Å². The van der Waals surface area contributed by atoms with Crippen molar-refractivity contribution < 1.29 is 5.11 Å². The predicted octanol–water partition coefficient (Wildman–Crippen LogP) is 3.61. The summed E-state index contributed by atoms with van der Waals surface area (Å²) >= 11 is 0. The average molecular weight is 221 g/mol. The smallest absolute Gasteiger partial charge is 0.116 e. The summed E-state index contributed by atoms with van der Waals surface area (Å²) in [7, 11) is 0. The van der Waals surface area contributed by atoms with E-state index in [-0.39, 0.29) is 5.75 Å². The molecule has 0 unspecified atom stereocenters.